The van der Waals surface area contributed by atoms with Crippen molar-refractivity contribution in [1.29, 1.82) is 0 Å². The summed E-state index contributed by atoms with van der Waals surface area (Å²) in [6.07, 6.45) is 0. The maximum absolute atomic E-state index is 6.32. The van der Waals surface area contributed by atoms with Gasteiger partial charge < -0.3 is 13.9 Å². The maximum atomic E-state index is 6.32. The second-order valence-corrected chi connectivity index (χ2v) is 9.31. The van der Waals surface area contributed by atoms with Crippen molar-refractivity contribution < 1.29 is 9.31 Å². The van der Waals surface area contributed by atoms with Crippen molar-refractivity contribution in [3.8, 4) is 5.69 Å². The zero-order valence-electron chi connectivity index (χ0n) is 18.5. The van der Waals surface area contributed by atoms with E-state index in [1.54, 1.807) is 0 Å². The zero-order valence-corrected chi connectivity index (χ0v) is 18.5. The molecule has 1 saturated heterocycles. The molecule has 32 heavy (non-hydrogen) atoms. The van der Waals surface area contributed by atoms with Crippen LogP contribution in [0.5, 0.6) is 0 Å². The Bertz CT molecular complexity index is 1470. The molecule has 2 radical (unpaired) electrons. The van der Waals surface area contributed by atoms with E-state index < -0.39 is 18.2 Å². The molecule has 1 unspecified atom stereocenters. The van der Waals surface area contributed by atoms with Gasteiger partial charge in [0.2, 0.25) is 0 Å². The molecule has 5 aromatic rings. The van der Waals surface area contributed by atoms with Crippen LogP contribution in [0, 0.1) is 0 Å². The molecule has 0 amide bonds. The Kier molecular flexibility index (Phi) is 4.14. The van der Waals surface area contributed by atoms with Crippen molar-refractivity contribution >= 4 is 53.0 Å². The lowest BCUT2D eigenvalue weighted by atomic mass is 9.71. The summed E-state index contributed by atoms with van der Waals surface area (Å²) < 4.78 is 14.5. The van der Waals surface area contributed by atoms with Crippen molar-refractivity contribution in [3.05, 3.63) is 84.9 Å². The van der Waals surface area contributed by atoms with Gasteiger partial charge in [0.15, 0.2) is 0 Å². The third-order valence-electron chi connectivity index (χ3n) is 6.93. The van der Waals surface area contributed by atoms with Gasteiger partial charge in [0, 0.05) is 27.3 Å². The quantitative estimate of drug-likeness (QED) is 0.364. The zero-order chi connectivity index (χ0) is 22.1. The fourth-order valence-corrected chi connectivity index (χ4v) is 4.69. The molecule has 0 aliphatic carbocycles. The third-order valence-corrected chi connectivity index (χ3v) is 6.93. The van der Waals surface area contributed by atoms with Gasteiger partial charge in [0.25, 0.3) is 0 Å². The molecule has 1 atom stereocenters. The number of hydrogen-bond acceptors (Lipinski definition) is 2. The summed E-state index contributed by atoms with van der Waals surface area (Å²) in [5, 5.41) is 4.98. The Balaban J connectivity index is 1.53. The summed E-state index contributed by atoms with van der Waals surface area (Å²) in [5.74, 6) is 0. The molecular formula is C27H23B2NO2. The van der Waals surface area contributed by atoms with Crippen LogP contribution < -0.4 is 5.46 Å². The Morgan fingerprint density at radius 2 is 1.41 bits per heavy atom. The van der Waals surface area contributed by atoms with Crippen molar-refractivity contribution in [1.82, 2.24) is 4.57 Å². The number of nitrogens with zero attached hydrogens (tertiary/aromatic N) is 1. The van der Waals surface area contributed by atoms with E-state index in [0.717, 1.165) is 11.2 Å². The van der Waals surface area contributed by atoms with Crippen LogP contribution in [-0.2, 0) is 9.31 Å². The van der Waals surface area contributed by atoms with Crippen molar-refractivity contribution in [2.45, 2.75) is 31.9 Å². The molecule has 0 N–H and O–H groups in total. The first-order valence-corrected chi connectivity index (χ1v) is 11.0. The molecule has 2 heterocycles. The number of benzene rings is 4. The molecule has 1 aromatic heterocycles. The van der Waals surface area contributed by atoms with Gasteiger partial charge in [-0.2, -0.15) is 0 Å². The lowest BCUT2D eigenvalue weighted by Crippen LogP contribution is -2.45. The van der Waals surface area contributed by atoms with Crippen LogP contribution >= 0.6 is 0 Å². The van der Waals surface area contributed by atoms with Crippen LogP contribution in [0.3, 0.4) is 0 Å². The SMILES string of the molecule is [B]C1(C)OB(c2ccc(-n3c4ccccc4c4ccc5ccccc5c43)cc2)OC1(C)C. The molecule has 5 heteroatoms. The highest BCUT2D eigenvalue weighted by atomic mass is 16.7. The molecule has 3 nitrogen and oxygen atoms in total. The molecule has 1 aliphatic heterocycles. The van der Waals surface area contributed by atoms with Crippen LogP contribution in [0.1, 0.15) is 20.8 Å². The molecule has 6 rings (SSSR count). The lowest BCUT2D eigenvalue weighted by Gasteiger charge is -2.33. The molecule has 4 aromatic carbocycles. The normalized spacial score (nSPS) is 20.5. The lowest BCUT2D eigenvalue weighted by molar-refractivity contribution is 0.0539. The fourth-order valence-electron chi connectivity index (χ4n) is 4.69. The van der Waals surface area contributed by atoms with E-state index in [0.29, 0.717) is 0 Å². The average Bonchev–Trinajstić information content (AvgIpc) is 3.24. The summed E-state index contributed by atoms with van der Waals surface area (Å²) in [4.78, 5) is 0. The maximum Gasteiger partial charge on any atom is 0.494 e. The molecular weight excluding hydrogens is 392 g/mol. The van der Waals surface area contributed by atoms with E-state index in [1.807, 2.05) is 20.8 Å². The number of para-hydroxylation sites is 1. The molecule has 0 bridgehead atoms. The van der Waals surface area contributed by atoms with Crippen molar-refractivity contribution in [3.63, 3.8) is 0 Å². The predicted molar refractivity (Wildman–Crippen MR) is 134 cm³/mol. The van der Waals surface area contributed by atoms with Gasteiger partial charge in [0.05, 0.1) is 16.6 Å². The second-order valence-electron chi connectivity index (χ2n) is 9.31. The van der Waals surface area contributed by atoms with Gasteiger partial charge in [-0.25, -0.2) is 0 Å². The predicted octanol–water partition coefficient (Wildman–Crippen LogP) is 5.34. The Morgan fingerprint density at radius 3 is 2.12 bits per heavy atom. The number of hydrogen-bond donors (Lipinski definition) is 0. The van der Waals surface area contributed by atoms with E-state index in [9.17, 15) is 0 Å². The highest BCUT2D eigenvalue weighted by Gasteiger charge is 2.51. The van der Waals surface area contributed by atoms with Gasteiger partial charge in [-0.1, -0.05) is 66.7 Å². The van der Waals surface area contributed by atoms with Gasteiger partial charge in [-0.3, -0.25) is 0 Å². The minimum absolute atomic E-state index is 0.479. The van der Waals surface area contributed by atoms with E-state index in [1.165, 1.54) is 32.6 Å². The van der Waals surface area contributed by atoms with Crippen LogP contribution in [0.15, 0.2) is 84.9 Å². The molecule has 1 fully saturated rings. The summed E-state index contributed by atoms with van der Waals surface area (Å²) >= 11 is 0. The first-order valence-electron chi connectivity index (χ1n) is 11.0. The molecule has 154 valence electrons. The first-order chi connectivity index (χ1) is 15.4. The number of fused-ring (bicyclic) bond motifs is 5. The minimum Gasteiger partial charge on any atom is -0.408 e. The summed E-state index contributed by atoms with van der Waals surface area (Å²) in [6, 6.07) is 30.0. The summed E-state index contributed by atoms with van der Waals surface area (Å²) in [7, 11) is 5.84. The first kappa shape index (κ1) is 19.7. The Labute approximate surface area is 189 Å². The third kappa shape index (κ3) is 2.78. The topological polar surface area (TPSA) is 23.4 Å². The highest BCUT2D eigenvalue weighted by Crippen LogP contribution is 2.37. The standard InChI is InChI=1S/C27H23B2NO2/c1-26(2)27(3,28)32-29(31-26)19-13-15-20(16-14-19)30-24-11-7-6-10-22(24)23-17-12-18-8-4-5-9-21(18)25(23)30/h4-17H,1-3H3. The summed E-state index contributed by atoms with van der Waals surface area (Å²) in [5.41, 5.74) is 3.06. The molecule has 0 saturated carbocycles. The molecule has 0 spiro atoms. The molecule has 1 aliphatic rings. The van der Waals surface area contributed by atoms with Crippen LogP contribution in [-0.4, -0.2) is 30.6 Å². The minimum atomic E-state index is -0.845. The Morgan fingerprint density at radius 1 is 0.719 bits per heavy atom. The fraction of sp³-hybridized carbons (Fsp3) is 0.185. The van der Waals surface area contributed by atoms with Crippen LogP contribution in [0.2, 0.25) is 0 Å². The van der Waals surface area contributed by atoms with E-state index in [4.69, 9.17) is 17.2 Å². The average molecular weight is 415 g/mol. The van der Waals surface area contributed by atoms with Crippen molar-refractivity contribution in [2.75, 3.05) is 0 Å². The highest BCUT2D eigenvalue weighted by molar-refractivity contribution is 6.62. The van der Waals surface area contributed by atoms with E-state index in [2.05, 4.69) is 89.5 Å². The van der Waals surface area contributed by atoms with Gasteiger partial charge in [-0.05, 0) is 49.8 Å². The van der Waals surface area contributed by atoms with Gasteiger partial charge in [-0.15, -0.1) is 0 Å². The van der Waals surface area contributed by atoms with Gasteiger partial charge >= 0.3 is 7.12 Å². The second kappa shape index (κ2) is 6.74. The largest absolute Gasteiger partial charge is 0.494 e. The monoisotopic (exact) mass is 415 g/mol. The van der Waals surface area contributed by atoms with Gasteiger partial charge in [0.1, 0.15) is 7.85 Å². The Hall–Kier alpha value is -3.01. The number of aromatic nitrogens is 1. The van der Waals surface area contributed by atoms with E-state index in [-0.39, 0.29) is 0 Å². The number of rotatable bonds is 2. The van der Waals surface area contributed by atoms with E-state index >= 15 is 0 Å². The van der Waals surface area contributed by atoms with Crippen molar-refractivity contribution in [2.24, 2.45) is 0 Å². The smallest absolute Gasteiger partial charge is 0.408 e. The van der Waals surface area contributed by atoms with Crippen LogP contribution in [0.25, 0.3) is 38.3 Å². The summed E-state index contributed by atoms with van der Waals surface area (Å²) in [6.45, 7) is 5.79. The van der Waals surface area contributed by atoms with Crippen LogP contribution in [0.4, 0.5) is 0 Å².